The maximum atomic E-state index is 15.3. The summed E-state index contributed by atoms with van der Waals surface area (Å²) in [4.78, 5) is 39.1. The van der Waals surface area contributed by atoms with Gasteiger partial charge in [-0.2, -0.15) is 0 Å². The zero-order valence-corrected chi connectivity index (χ0v) is 16.3. The van der Waals surface area contributed by atoms with Crippen LogP contribution in [-0.2, 0) is 14.4 Å². The van der Waals surface area contributed by atoms with Gasteiger partial charge in [-0.15, -0.1) is 23.1 Å². The first-order chi connectivity index (χ1) is 11.9. The van der Waals surface area contributed by atoms with Gasteiger partial charge in [0.05, 0.1) is 0 Å². The maximum Gasteiger partial charge on any atom is 0.327 e. The Morgan fingerprint density at radius 2 is 2.04 bits per heavy atom. The smallest absolute Gasteiger partial charge is 0.327 e. The minimum Gasteiger partial charge on any atom is -0.480 e. The fraction of sp³-hybridized carbons (Fsp3) is 0.562. The molecule has 4 N–H and O–H groups in total. The van der Waals surface area contributed by atoms with Crippen LogP contribution < -0.4 is 11.1 Å². The van der Waals surface area contributed by atoms with E-state index >= 15 is 4.39 Å². The van der Waals surface area contributed by atoms with Crippen molar-refractivity contribution in [1.29, 1.82) is 0 Å². The summed E-state index contributed by atoms with van der Waals surface area (Å²) < 4.78 is 14.4. The molecule has 2 saturated heterocycles. The van der Waals surface area contributed by atoms with Gasteiger partial charge >= 0.3 is 5.97 Å². The van der Waals surface area contributed by atoms with Crippen molar-refractivity contribution in [2.45, 2.75) is 55.7 Å². The summed E-state index contributed by atoms with van der Waals surface area (Å²) in [6.07, 6.45) is 0. The zero-order valence-electron chi connectivity index (χ0n) is 14.7. The number of fused-ring (bicyclic) bond motifs is 1. The number of rotatable bonds is 4. The number of thioether (sulfide) groups is 1. The van der Waals surface area contributed by atoms with Crippen LogP contribution >= 0.6 is 23.1 Å². The van der Waals surface area contributed by atoms with Gasteiger partial charge in [-0.3, -0.25) is 9.59 Å². The van der Waals surface area contributed by atoms with Crippen LogP contribution in [0, 0.1) is 13.8 Å². The summed E-state index contributed by atoms with van der Waals surface area (Å²) in [5.41, 5.74) is 6.54. The number of aliphatic carboxylic acids is 1. The molecule has 0 spiro atoms. The van der Waals surface area contributed by atoms with Gasteiger partial charge in [0, 0.05) is 14.5 Å². The highest BCUT2D eigenvalue weighted by Gasteiger charge is 2.73. The lowest BCUT2D eigenvalue weighted by molar-refractivity contribution is -0.182. The molecule has 2 aliphatic heterocycles. The first-order valence-electron chi connectivity index (χ1n) is 7.97. The van der Waals surface area contributed by atoms with Gasteiger partial charge in [-0.1, -0.05) is 0 Å². The molecular weight excluding hydrogens is 381 g/mol. The van der Waals surface area contributed by atoms with E-state index in [-0.39, 0.29) is 0 Å². The summed E-state index contributed by atoms with van der Waals surface area (Å²) in [6.45, 7) is 6.95. The monoisotopic (exact) mass is 401 g/mol. The quantitative estimate of drug-likeness (QED) is 0.518. The van der Waals surface area contributed by atoms with Crippen molar-refractivity contribution in [3.05, 3.63) is 21.4 Å². The Labute approximate surface area is 158 Å². The molecule has 0 bridgehead atoms. The molecule has 26 heavy (non-hydrogen) atoms. The molecule has 7 nitrogen and oxygen atoms in total. The Hall–Kier alpha value is -1.65. The van der Waals surface area contributed by atoms with Gasteiger partial charge in [0.15, 0.2) is 0 Å². The molecule has 0 radical (unpaired) electrons. The number of hydrogen-bond acceptors (Lipinski definition) is 6. The molecule has 4 atom stereocenters. The number of halogens is 1. The number of carbonyl (C=O) groups is 3. The zero-order chi connectivity index (χ0) is 19.6. The average molecular weight is 401 g/mol. The second-order valence-corrected chi connectivity index (χ2v) is 10.3. The molecular formula is C16H20FN3O4S2. The minimum atomic E-state index is -2.65. The largest absolute Gasteiger partial charge is 0.480 e. The molecule has 2 aliphatic rings. The van der Waals surface area contributed by atoms with Crippen LogP contribution in [0.3, 0.4) is 0 Å². The molecule has 0 saturated carbocycles. The first kappa shape index (κ1) is 19.1. The van der Waals surface area contributed by atoms with Crippen LogP contribution in [0.2, 0.25) is 0 Å². The number of carbonyl (C=O) groups excluding carboxylic acids is 2. The van der Waals surface area contributed by atoms with E-state index in [1.54, 1.807) is 19.9 Å². The number of nitrogens with zero attached hydrogens (tertiary/aromatic N) is 1. The molecule has 142 valence electrons. The van der Waals surface area contributed by atoms with E-state index in [2.05, 4.69) is 5.32 Å². The van der Waals surface area contributed by atoms with Gasteiger partial charge in [0.1, 0.15) is 17.5 Å². The second-order valence-electron chi connectivity index (χ2n) is 7.07. The van der Waals surface area contributed by atoms with Crippen LogP contribution in [0.15, 0.2) is 6.07 Å². The molecule has 2 amide bonds. The summed E-state index contributed by atoms with van der Waals surface area (Å²) in [6, 6.07) is -0.497. The lowest BCUT2D eigenvalue weighted by Crippen LogP contribution is -2.77. The Balaban J connectivity index is 1.80. The number of aryl methyl sites for hydroxylation is 2. The van der Waals surface area contributed by atoms with Crippen molar-refractivity contribution in [3.63, 3.8) is 0 Å². The lowest BCUT2D eigenvalue weighted by Gasteiger charge is -2.47. The lowest BCUT2D eigenvalue weighted by atomic mass is 9.94. The van der Waals surface area contributed by atoms with Crippen LogP contribution in [0.4, 0.5) is 4.39 Å². The third-order valence-electron chi connectivity index (χ3n) is 4.73. The van der Waals surface area contributed by atoms with Gasteiger partial charge in [-0.25, -0.2) is 9.18 Å². The SMILES string of the molecule is Cc1cc(C(N)C(=O)N[C@@]2(F)C(=O)N3[C@@H](C(=O)O)C(C)(C)S[C@@H]32)c(C)s1. The standard InChI is InChI=1S/C16H20FN3O4S2/c1-6-5-8(7(2)25-6)9(18)11(21)19-16(17)13(24)20-10(12(22)23)15(3,4)26-14(16)20/h5,9-10,14H,18H2,1-4H3,(H,19,21)(H,22,23)/t9?,10-,14+,16-/m0/s1. The number of carboxylic acid groups (broad SMARTS) is 1. The third kappa shape index (κ3) is 2.62. The predicted octanol–water partition coefficient (Wildman–Crippen LogP) is 1.29. The van der Waals surface area contributed by atoms with E-state index in [9.17, 15) is 19.5 Å². The van der Waals surface area contributed by atoms with Crippen molar-refractivity contribution < 1.29 is 23.9 Å². The topological polar surface area (TPSA) is 113 Å². The van der Waals surface area contributed by atoms with Crippen molar-refractivity contribution >= 4 is 40.9 Å². The van der Waals surface area contributed by atoms with E-state index in [1.807, 2.05) is 13.8 Å². The molecule has 1 unspecified atom stereocenters. The molecule has 10 heteroatoms. The molecule has 3 heterocycles. The highest BCUT2D eigenvalue weighted by Crippen LogP contribution is 2.55. The molecule has 3 rings (SSSR count). The highest BCUT2D eigenvalue weighted by atomic mass is 32.2. The van der Waals surface area contributed by atoms with Crippen LogP contribution in [-0.4, -0.2) is 49.7 Å². The number of β-lactam (4-membered cyclic amide) rings is 1. The van der Waals surface area contributed by atoms with Crippen molar-refractivity contribution in [2.75, 3.05) is 0 Å². The number of amides is 2. The van der Waals surface area contributed by atoms with E-state index in [1.165, 1.54) is 11.3 Å². The van der Waals surface area contributed by atoms with E-state index in [0.29, 0.717) is 5.56 Å². The number of alkyl halides is 1. The number of thiophene rings is 1. The maximum absolute atomic E-state index is 15.3. The Morgan fingerprint density at radius 3 is 2.54 bits per heavy atom. The normalized spacial score (nSPS) is 30.5. The fourth-order valence-electron chi connectivity index (χ4n) is 3.49. The van der Waals surface area contributed by atoms with Crippen LogP contribution in [0.5, 0.6) is 0 Å². The van der Waals surface area contributed by atoms with E-state index in [4.69, 9.17) is 5.73 Å². The molecule has 0 aliphatic carbocycles. The minimum absolute atomic E-state index is 0.583. The molecule has 1 aromatic heterocycles. The first-order valence-corrected chi connectivity index (χ1v) is 9.66. The summed E-state index contributed by atoms with van der Waals surface area (Å²) in [5.74, 6) is -5.71. The van der Waals surface area contributed by atoms with Gasteiger partial charge in [-0.05, 0) is 39.3 Å². The van der Waals surface area contributed by atoms with Crippen molar-refractivity contribution in [3.8, 4) is 0 Å². The summed E-state index contributed by atoms with van der Waals surface area (Å²) in [5, 5.41) is 10.4. The van der Waals surface area contributed by atoms with Gasteiger partial charge in [0.25, 0.3) is 11.7 Å². The molecule has 0 aromatic carbocycles. The van der Waals surface area contributed by atoms with E-state index in [0.717, 1.165) is 26.4 Å². The van der Waals surface area contributed by atoms with Crippen LogP contribution in [0.1, 0.15) is 35.2 Å². The van der Waals surface area contributed by atoms with Crippen molar-refractivity contribution in [2.24, 2.45) is 5.73 Å². The fourth-order valence-corrected chi connectivity index (χ4v) is 6.04. The highest BCUT2D eigenvalue weighted by molar-refractivity contribution is 8.01. The summed E-state index contributed by atoms with van der Waals surface area (Å²) >= 11 is 2.49. The number of nitrogens with two attached hydrogens (primary N) is 1. The van der Waals surface area contributed by atoms with Gasteiger partial charge < -0.3 is 21.1 Å². The van der Waals surface area contributed by atoms with Crippen molar-refractivity contribution in [1.82, 2.24) is 10.2 Å². The molecule has 1 aromatic rings. The Bertz CT molecular complexity index is 811. The van der Waals surface area contributed by atoms with Crippen LogP contribution in [0.25, 0.3) is 0 Å². The average Bonchev–Trinajstić information content (AvgIpc) is 3.00. The molecule has 2 fully saturated rings. The number of carboxylic acids is 1. The predicted molar refractivity (Wildman–Crippen MR) is 96.4 cm³/mol. The Morgan fingerprint density at radius 1 is 1.42 bits per heavy atom. The third-order valence-corrected chi connectivity index (χ3v) is 7.31. The van der Waals surface area contributed by atoms with E-state index < -0.39 is 45.8 Å². The number of hydrogen-bond donors (Lipinski definition) is 3. The summed E-state index contributed by atoms with van der Waals surface area (Å²) in [7, 11) is 0. The van der Waals surface area contributed by atoms with Gasteiger partial charge in [0.2, 0.25) is 5.91 Å². The number of nitrogens with one attached hydrogen (secondary N) is 1. The Kier molecular flexibility index (Phi) is 4.36. The second kappa shape index (κ2) is 5.93.